The molecule has 0 saturated heterocycles. The third kappa shape index (κ3) is 4.46. The molecule has 4 heteroatoms. The van der Waals surface area contributed by atoms with Gasteiger partial charge in [0.15, 0.2) is 6.61 Å². The van der Waals surface area contributed by atoms with Crippen LogP contribution in [0.15, 0.2) is 24.3 Å². The fraction of sp³-hybridized carbons (Fsp3) is 0.588. The van der Waals surface area contributed by atoms with Crippen molar-refractivity contribution >= 4 is 5.91 Å². The Kier molecular flexibility index (Phi) is 4.88. The second-order valence-electron chi connectivity index (χ2n) is 6.60. The fourth-order valence-electron chi connectivity index (χ4n) is 2.28. The van der Waals surface area contributed by atoms with Gasteiger partial charge in [0.05, 0.1) is 6.61 Å². The van der Waals surface area contributed by atoms with E-state index in [9.17, 15) is 4.79 Å². The van der Waals surface area contributed by atoms with Gasteiger partial charge >= 0.3 is 0 Å². The van der Waals surface area contributed by atoms with Crippen molar-refractivity contribution in [3.63, 3.8) is 0 Å². The van der Waals surface area contributed by atoms with Gasteiger partial charge in [-0.3, -0.25) is 4.79 Å². The van der Waals surface area contributed by atoms with Crippen LogP contribution in [0.1, 0.15) is 39.2 Å². The van der Waals surface area contributed by atoms with Crippen LogP contribution in [0.2, 0.25) is 0 Å². The second kappa shape index (κ2) is 6.48. The lowest BCUT2D eigenvalue weighted by Gasteiger charge is -2.22. The van der Waals surface area contributed by atoms with Crippen LogP contribution in [0.4, 0.5) is 0 Å². The highest BCUT2D eigenvalue weighted by Gasteiger charge is 2.32. The quantitative estimate of drug-likeness (QED) is 0.875. The summed E-state index contributed by atoms with van der Waals surface area (Å²) in [4.78, 5) is 13.8. The molecule has 1 amide bonds. The summed E-state index contributed by atoms with van der Waals surface area (Å²) in [6, 6.07) is 8.18. The molecule has 1 aromatic carbocycles. The molecule has 1 saturated carbocycles. The molecule has 0 bridgehead atoms. The van der Waals surface area contributed by atoms with Crippen molar-refractivity contribution in [1.82, 2.24) is 4.90 Å². The summed E-state index contributed by atoms with van der Waals surface area (Å²) < 4.78 is 5.57. The Hall–Kier alpha value is -1.55. The lowest BCUT2D eigenvalue weighted by Crippen LogP contribution is -2.38. The van der Waals surface area contributed by atoms with Crippen LogP contribution in [0.5, 0.6) is 5.75 Å². The number of rotatable bonds is 6. The predicted octanol–water partition coefficient (Wildman–Crippen LogP) is 2.35. The molecular formula is C17H25NO3. The van der Waals surface area contributed by atoms with Gasteiger partial charge in [-0.15, -0.1) is 0 Å². The summed E-state index contributed by atoms with van der Waals surface area (Å²) in [7, 11) is 0. The molecule has 0 unspecified atom stereocenters. The molecular weight excluding hydrogens is 266 g/mol. The first-order chi connectivity index (χ1) is 9.91. The van der Waals surface area contributed by atoms with Crippen LogP contribution in [0, 0.1) is 0 Å². The zero-order valence-corrected chi connectivity index (χ0v) is 13.1. The van der Waals surface area contributed by atoms with Gasteiger partial charge < -0.3 is 14.7 Å². The molecule has 0 aliphatic heterocycles. The van der Waals surface area contributed by atoms with Crippen LogP contribution in [-0.2, 0) is 10.2 Å². The van der Waals surface area contributed by atoms with Gasteiger partial charge in [-0.2, -0.15) is 0 Å². The number of aliphatic hydroxyl groups is 1. The normalized spacial score (nSPS) is 14.9. The van der Waals surface area contributed by atoms with E-state index < -0.39 is 0 Å². The summed E-state index contributed by atoms with van der Waals surface area (Å²) in [5.41, 5.74) is 1.35. The minimum Gasteiger partial charge on any atom is -0.484 e. The highest BCUT2D eigenvalue weighted by atomic mass is 16.5. The first kappa shape index (κ1) is 15.8. The highest BCUT2D eigenvalue weighted by molar-refractivity contribution is 5.78. The molecule has 1 N–H and O–H groups in total. The maximum atomic E-state index is 12.1. The molecule has 21 heavy (non-hydrogen) atoms. The summed E-state index contributed by atoms with van der Waals surface area (Å²) in [6.07, 6.45) is 2.07. The molecule has 0 aromatic heterocycles. The summed E-state index contributed by atoms with van der Waals surface area (Å²) in [5.74, 6) is 0.655. The lowest BCUT2D eigenvalue weighted by molar-refractivity contribution is -0.134. The van der Waals surface area contributed by atoms with Crippen molar-refractivity contribution in [2.24, 2.45) is 0 Å². The van der Waals surface area contributed by atoms with Crippen LogP contribution in [-0.4, -0.2) is 41.7 Å². The summed E-state index contributed by atoms with van der Waals surface area (Å²) in [5, 5.41) is 9.02. The van der Waals surface area contributed by atoms with E-state index in [1.165, 1.54) is 5.56 Å². The van der Waals surface area contributed by atoms with Crippen LogP contribution in [0.3, 0.4) is 0 Å². The minimum absolute atomic E-state index is 0.00250. The number of hydrogen-bond acceptors (Lipinski definition) is 3. The summed E-state index contributed by atoms with van der Waals surface area (Å²) in [6.45, 7) is 6.92. The molecule has 0 spiro atoms. The maximum Gasteiger partial charge on any atom is 0.260 e. The molecule has 4 nitrogen and oxygen atoms in total. The van der Waals surface area contributed by atoms with Crippen LogP contribution in [0.25, 0.3) is 0 Å². The van der Waals surface area contributed by atoms with Gasteiger partial charge in [-0.25, -0.2) is 0 Å². The third-order valence-corrected chi connectivity index (χ3v) is 3.73. The number of benzene rings is 1. The first-order valence-corrected chi connectivity index (χ1v) is 7.55. The highest BCUT2D eigenvalue weighted by Crippen LogP contribution is 2.27. The lowest BCUT2D eigenvalue weighted by atomic mass is 9.87. The number of hydrogen-bond donors (Lipinski definition) is 1. The predicted molar refractivity (Wildman–Crippen MR) is 82.5 cm³/mol. The topological polar surface area (TPSA) is 49.8 Å². The zero-order chi connectivity index (χ0) is 15.5. The van der Waals surface area contributed by atoms with E-state index in [0.717, 1.165) is 12.8 Å². The van der Waals surface area contributed by atoms with Gasteiger partial charge in [-0.05, 0) is 36.0 Å². The van der Waals surface area contributed by atoms with Crippen molar-refractivity contribution < 1.29 is 14.6 Å². The molecule has 0 heterocycles. The largest absolute Gasteiger partial charge is 0.484 e. The van der Waals surface area contributed by atoms with Crippen LogP contribution >= 0.6 is 0 Å². The van der Waals surface area contributed by atoms with E-state index in [1.807, 2.05) is 24.3 Å². The molecule has 2 rings (SSSR count). The first-order valence-electron chi connectivity index (χ1n) is 7.55. The fourth-order valence-corrected chi connectivity index (χ4v) is 2.28. The van der Waals surface area contributed by atoms with Gasteiger partial charge in [0, 0.05) is 12.6 Å². The van der Waals surface area contributed by atoms with Crippen LogP contribution < -0.4 is 4.74 Å². The number of carbonyl (C=O) groups excluding carboxylic acids is 1. The van der Waals surface area contributed by atoms with Gasteiger partial charge in [-0.1, -0.05) is 32.9 Å². The second-order valence-corrected chi connectivity index (χ2v) is 6.60. The van der Waals surface area contributed by atoms with E-state index in [4.69, 9.17) is 9.84 Å². The Labute approximate surface area is 126 Å². The van der Waals surface area contributed by atoms with Crippen molar-refractivity contribution in [1.29, 1.82) is 0 Å². The SMILES string of the molecule is CC(C)(C)c1ccc(OCC(=O)N(CCO)C2CC2)cc1. The van der Waals surface area contributed by atoms with Crippen molar-refractivity contribution in [3.8, 4) is 5.75 Å². The average molecular weight is 291 g/mol. The summed E-state index contributed by atoms with van der Waals surface area (Å²) >= 11 is 0. The van der Waals surface area contributed by atoms with Gasteiger partial charge in [0.25, 0.3) is 5.91 Å². The Balaban J connectivity index is 1.88. The Morgan fingerprint density at radius 3 is 2.38 bits per heavy atom. The molecule has 116 valence electrons. The number of aliphatic hydroxyl groups excluding tert-OH is 1. The zero-order valence-electron chi connectivity index (χ0n) is 13.1. The number of ether oxygens (including phenoxy) is 1. The monoisotopic (exact) mass is 291 g/mol. The number of nitrogens with zero attached hydrogens (tertiary/aromatic N) is 1. The molecule has 0 radical (unpaired) electrons. The Morgan fingerprint density at radius 2 is 1.90 bits per heavy atom. The van der Waals surface area contributed by atoms with E-state index >= 15 is 0 Å². The molecule has 1 aliphatic carbocycles. The maximum absolute atomic E-state index is 12.1. The Bertz CT molecular complexity index is 472. The minimum atomic E-state index is -0.0496. The number of amides is 1. The molecule has 0 atom stereocenters. The number of carbonyl (C=O) groups is 1. The van der Waals surface area contributed by atoms with E-state index in [2.05, 4.69) is 20.8 Å². The Morgan fingerprint density at radius 1 is 1.29 bits per heavy atom. The van der Waals surface area contributed by atoms with Crippen molar-refractivity contribution in [2.45, 2.75) is 45.1 Å². The van der Waals surface area contributed by atoms with E-state index in [1.54, 1.807) is 4.90 Å². The van der Waals surface area contributed by atoms with Gasteiger partial charge in [0.2, 0.25) is 0 Å². The van der Waals surface area contributed by atoms with Gasteiger partial charge in [0.1, 0.15) is 5.75 Å². The average Bonchev–Trinajstić information content (AvgIpc) is 3.26. The van der Waals surface area contributed by atoms with Crippen molar-refractivity contribution in [2.75, 3.05) is 19.8 Å². The van der Waals surface area contributed by atoms with Crippen molar-refractivity contribution in [3.05, 3.63) is 29.8 Å². The molecule has 1 fully saturated rings. The smallest absolute Gasteiger partial charge is 0.260 e. The molecule has 1 aliphatic rings. The third-order valence-electron chi connectivity index (χ3n) is 3.73. The van der Waals surface area contributed by atoms with E-state index in [0.29, 0.717) is 18.3 Å². The standard InChI is InChI=1S/C17H25NO3/c1-17(2,3)13-4-8-15(9-5-13)21-12-16(20)18(10-11-19)14-6-7-14/h4-5,8-9,14,19H,6-7,10-12H2,1-3H3. The van der Waals surface area contributed by atoms with E-state index in [-0.39, 0.29) is 24.5 Å². The molecule has 1 aromatic rings.